The largest absolute Gasteiger partial charge is 0.482 e. The molecule has 2 aliphatic rings. The van der Waals surface area contributed by atoms with Gasteiger partial charge in [-0.2, -0.15) is 0 Å². The van der Waals surface area contributed by atoms with Crippen molar-refractivity contribution in [2.45, 2.75) is 31.9 Å². The fourth-order valence-corrected chi connectivity index (χ4v) is 2.70. The number of hydrogen-bond acceptors (Lipinski definition) is 4. The molecular formula is C14H17ClN2O3. The molecule has 1 aromatic rings. The normalized spacial score (nSPS) is 24.2. The summed E-state index contributed by atoms with van der Waals surface area (Å²) >= 11 is 6.23. The first-order valence-corrected chi connectivity index (χ1v) is 7.18. The molecular weight excluding hydrogens is 280 g/mol. The van der Waals surface area contributed by atoms with Gasteiger partial charge in [-0.25, -0.2) is 0 Å². The number of hydrogen-bond donors (Lipinski definition) is 2. The summed E-state index contributed by atoms with van der Waals surface area (Å²) in [5.74, 6) is 0.491. The van der Waals surface area contributed by atoms with E-state index in [0.29, 0.717) is 28.6 Å². The second kappa shape index (κ2) is 5.50. The van der Waals surface area contributed by atoms with Crippen molar-refractivity contribution < 1.29 is 14.3 Å². The molecule has 6 heteroatoms. The van der Waals surface area contributed by atoms with E-state index in [1.165, 1.54) is 0 Å². The Labute approximate surface area is 122 Å². The van der Waals surface area contributed by atoms with Crippen molar-refractivity contribution in [2.24, 2.45) is 0 Å². The smallest absolute Gasteiger partial charge is 0.262 e. The van der Waals surface area contributed by atoms with Crippen molar-refractivity contribution in [3.8, 4) is 5.75 Å². The van der Waals surface area contributed by atoms with Gasteiger partial charge in [-0.15, -0.1) is 0 Å². The van der Waals surface area contributed by atoms with Gasteiger partial charge in [0.25, 0.3) is 5.91 Å². The van der Waals surface area contributed by atoms with E-state index in [1.807, 2.05) is 13.0 Å². The van der Waals surface area contributed by atoms with E-state index in [0.717, 1.165) is 25.1 Å². The van der Waals surface area contributed by atoms with Crippen LogP contribution in [0.2, 0.25) is 5.02 Å². The SMILES string of the molecule is CCOC1CC(Nc2cc3c(cc2Cl)NC(=O)CO3)C1. The van der Waals surface area contributed by atoms with Crippen LogP contribution in [0.3, 0.4) is 0 Å². The molecule has 5 nitrogen and oxygen atoms in total. The third-order valence-electron chi connectivity index (χ3n) is 3.56. The zero-order valence-electron chi connectivity index (χ0n) is 11.2. The average Bonchev–Trinajstić information content (AvgIpc) is 2.37. The number of carbonyl (C=O) groups excluding carboxylic acids is 1. The van der Waals surface area contributed by atoms with Gasteiger partial charge in [0.1, 0.15) is 5.75 Å². The van der Waals surface area contributed by atoms with Crippen LogP contribution < -0.4 is 15.4 Å². The summed E-state index contributed by atoms with van der Waals surface area (Å²) in [6.07, 6.45) is 2.32. The maximum Gasteiger partial charge on any atom is 0.262 e. The zero-order chi connectivity index (χ0) is 14.1. The van der Waals surface area contributed by atoms with Gasteiger partial charge in [-0.05, 0) is 25.8 Å². The molecule has 3 rings (SSSR count). The van der Waals surface area contributed by atoms with E-state index >= 15 is 0 Å². The summed E-state index contributed by atoms with van der Waals surface area (Å²) in [4.78, 5) is 11.2. The average molecular weight is 297 g/mol. The molecule has 1 amide bonds. The predicted molar refractivity (Wildman–Crippen MR) is 77.6 cm³/mol. The van der Waals surface area contributed by atoms with Crippen LogP contribution in [0.5, 0.6) is 5.75 Å². The molecule has 0 spiro atoms. The molecule has 108 valence electrons. The maximum absolute atomic E-state index is 11.2. The first-order chi connectivity index (χ1) is 9.65. The van der Waals surface area contributed by atoms with Crippen LogP contribution in [0.25, 0.3) is 0 Å². The first kappa shape index (κ1) is 13.5. The van der Waals surface area contributed by atoms with E-state index < -0.39 is 0 Å². The van der Waals surface area contributed by atoms with E-state index in [4.69, 9.17) is 21.1 Å². The molecule has 0 bridgehead atoms. The van der Waals surface area contributed by atoms with Gasteiger partial charge in [0.2, 0.25) is 0 Å². The Morgan fingerprint density at radius 1 is 1.50 bits per heavy atom. The Morgan fingerprint density at radius 3 is 3.05 bits per heavy atom. The molecule has 1 fully saturated rings. The maximum atomic E-state index is 11.2. The molecule has 1 saturated carbocycles. The molecule has 1 aliphatic heterocycles. The molecule has 0 radical (unpaired) electrons. The van der Waals surface area contributed by atoms with Gasteiger partial charge < -0.3 is 20.1 Å². The van der Waals surface area contributed by atoms with Crippen molar-refractivity contribution >= 4 is 28.9 Å². The van der Waals surface area contributed by atoms with Crippen LogP contribution in [0.4, 0.5) is 11.4 Å². The molecule has 0 aromatic heterocycles. The lowest BCUT2D eigenvalue weighted by Gasteiger charge is -2.36. The number of anilines is 2. The van der Waals surface area contributed by atoms with Gasteiger partial charge in [0.15, 0.2) is 6.61 Å². The number of fused-ring (bicyclic) bond motifs is 1. The molecule has 1 aliphatic carbocycles. The van der Waals surface area contributed by atoms with Crippen molar-refractivity contribution in [3.05, 3.63) is 17.2 Å². The summed E-state index contributed by atoms with van der Waals surface area (Å²) < 4.78 is 10.9. The van der Waals surface area contributed by atoms with E-state index in [9.17, 15) is 4.79 Å². The van der Waals surface area contributed by atoms with Crippen molar-refractivity contribution in [1.82, 2.24) is 0 Å². The van der Waals surface area contributed by atoms with Crippen molar-refractivity contribution in [1.29, 1.82) is 0 Å². The van der Waals surface area contributed by atoms with Crippen molar-refractivity contribution in [2.75, 3.05) is 23.8 Å². The fraction of sp³-hybridized carbons (Fsp3) is 0.500. The van der Waals surface area contributed by atoms with Crippen LogP contribution >= 0.6 is 11.6 Å². The molecule has 0 saturated heterocycles. The van der Waals surface area contributed by atoms with E-state index in [-0.39, 0.29) is 12.5 Å². The number of carbonyl (C=O) groups is 1. The highest BCUT2D eigenvalue weighted by atomic mass is 35.5. The van der Waals surface area contributed by atoms with Crippen LogP contribution in [-0.4, -0.2) is 31.3 Å². The van der Waals surface area contributed by atoms with Crippen LogP contribution in [0, 0.1) is 0 Å². The van der Waals surface area contributed by atoms with Crippen LogP contribution in [0.15, 0.2) is 12.1 Å². The predicted octanol–water partition coefficient (Wildman–Crippen LogP) is 2.65. The molecule has 0 unspecified atom stereocenters. The lowest BCUT2D eigenvalue weighted by Crippen LogP contribution is -2.40. The number of amides is 1. The van der Waals surface area contributed by atoms with E-state index in [2.05, 4.69) is 10.6 Å². The lowest BCUT2D eigenvalue weighted by molar-refractivity contribution is -0.118. The molecule has 20 heavy (non-hydrogen) atoms. The van der Waals surface area contributed by atoms with E-state index in [1.54, 1.807) is 6.07 Å². The van der Waals surface area contributed by atoms with Gasteiger partial charge in [-0.1, -0.05) is 11.6 Å². The first-order valence-electron chi connectivity index (χ1n) is 6.80. The molecule has 1 aromatic carbocycles. The van der Waals surface area contributed by atoms with Gasteiger partial charge >= 0.3 is 0 Å². The van der Waals surface area contributed by atoms with Gasteiger partial charge in [-0.3, -0.25) is 4.79 Å². The van der Waals surface area contributed by atoms with Gasteiger partial charge in [0, 0.05) is 18.7 Å². The number of benzene rings is 1. The third-order valence-corrected chi connectivity index (χ3v) is 3.87. The minimum Gasteiger partial charge on any atom is -0.482 e. The Balaban J connectivity index is 1.67. The highest BCUT2D eigenvalue weighted by Crippen LogP contribution is 2.38. The molecule has 1 heterocycles. The molecule has 2 N–H and O–H groups in total. The number of halogens is 1. The minimum absolute atomic E-state index is 0.0456. The summed E-state index contributed by atoms with van der Waals surface area (Å²) in [5.41, 5.74) is 1.46. The highest BCUT2D eigenvalue weighted by Gasteiger charge is 2.30. The fourth-order valence-electron chi connectivity index (χ4n) is 2.49. The van der Waals surface area contributed by atoms with Crippen LogP contribution in [0.1, 0.15) is 19.8 Å². The summed E-state index contributed by atoms with van der Waals surface area (Å²) in [6.45, 7) is 2.81. The Hall–Kier alpha value is -1.46. The topological polar surface area (TPSA) is 59.6 Å². The molecule has 0 atom stereocenters. The van der Waals surface area contributed by atoms with Crippen molar-refractivity contribution in [3.63, 3.8) is 0 Å². The summed E-state index contributed by atoms with van der Waals surface area (Å²) in [7, 11) is 0. The highest BCUT2D eigenvalue weighted by molar-refractivity contribution is 6.33. The Morgan fingerprint density at radius 2 is 2.30 bits per heavy atom. The standard InChI is InChI=1S/C14H17ClN2O3/c1-2-19-9-3-8(4-9)16-11-6-13-12(5-10(11)15)17-14(18)7-20-13/h5-6,8-9,16H,2-4,7H2,1H3,(H,17,18). The zero-order valence-corrected chi connectivity index (χ0v) is 12.0. The Bertz CT molecular complexity index is 529. The third kappa shape index (κ3) is 2.69. The monoisotopic (exact) mass is 296 g/mol. The number of nitrogens with one attached hydrogen (secondary N) is 2. The lowest BCUT2D eigenvalue weighted by atomic mass is 9.89. The summed E-state index contributed by atoms with van der Waals surface area (Å²) in [5, 5.41) is 6.71. The number of rotatable bonds is 4. The quantitative estimate of drug-likeness (QED) is 0.897. The Kier molecular flexibility index (Phi) is 3.72. The second-order valence-electron chi connectivity index (χ2n) is 5.06. The van der Waals surface area contributed by atoms with Crippen LogP contribution in [-0.2, 0) is 9.53 Å². The number of ether oxygens (including phenoxy) is 2. The minimum atomic E-state index is -0.159. The van der Waals surface area contributed by atoms with Gasteiger partial charge in [0.05, 0.1) is 22.5 Å². The second-order valence-corrected chi connectivity index (χ2v) is 5.46. The summed E-state index contributed by atoms with van der Waals surface area (Å²) in [6, 6.07) is 3.93.